The van der Waals surface area contributed by atoms with Crippen LogP contribution >= 0.6 is 0 Å². The lowest BCUT2D eigenvalue weighted by Gasteiger charge is -2.28. The average molecular weight is 376 g/mol. The summed E-state index contributed by atoms with van der Waals surface area (Å²) >= 11 is 0. The van der Waals surface area contributed by atoms with Crippen molar-refractivity contribution < 1.29 is 18.1 Å². The number of sulfonamides is 1. The van der Waals surface area contributed by atoms with Crippen LogP contribution in [-0.4, -0.2) is 41.3 Å². The van der Waals surface area contributed by atoms with Crippen molar-refractivity contribution in [2.45, 2.75) is 24.8 Å². The average Bonchev–Trinajstić information content (AvgIpc) is 2.65. The van der Waals surface area contributed by atoms with Gasteiger partial charge in [0, 0.05) is 0 Å². The molecule has 0 spiro atoms. The molecule has 0 amide bonds. The molecule has 0 saturated carbocycles. The molecule has 2 aromatic rings. The number of rotatable bonds is 6. The van der Waals surface area contributed by atoms with Gasteiger partial charge in [-0.2, -0.15) is 4.72 Å². The summed E-state index contributed by atoms with van der Waals surface area (Å²) in [5.74, 6) is 0. The summed E-state index contributed by atoms with van der Waals surface area (Å²) in [6.45, 7) is 7.86. The number of hydrogen-bond donors (Lipinski definition) is 2. The minimum atomic E-state index is -3.59. The molecule has 0 bridgehead atoms. The van der Waals surface area contributed by atoms with E-state index in [0.29, 0.717) is 11.4 Å². The Kier molecular flexibility index (Phi) is 6.09. The molecule has 1 fully saturated rings. The third kappa shape index (κ3) is 4.71. The van der Waals surface area contributed by atoms with Crippen LogP contribution < -0.4 is 9.62 Å². The number of ether oxygens (including phenoxy) is 1. The summed E-state index contributed by atoms with van der Waals surface area (Å²) in [6.07, 6.45) is 0. The fraction of sp³-hybridized carbons (Fsp3) is 0.400. The molecule has 0 aliphatic carbocycles. The second-order valence-corrected chi connectivity index (χ2v) is 8.61. The van der Waals surface area contributed by atoms with Gasteiger partial charge < -0.3 is 9.64 Å². The first kappa shape index (κ1) is 19.0. The second-order valence-electron chi connectivity index (χ2n) is 6.90. The summed E-state index contributed by atoms with van der Waals surface area (Å²) < 4.78 is 34.3. The van der Waals surface area contributed by atoms with Crippen LogP contribution in [0.2, 0.25) is 0 Å². The van der Waals surface area contributed by atoms with Crippen molar-refractivity contribution in [3.63, 3.8) is 0 Å². The van der Waals surface area contributed by atoms with Crippen LogP contribution in [0.1, 0.15) is 22.7 Å². The standard InChI is InChI=1S/C20H26N2O3S/c1-16-8-9-19(14-17(16)2)26(23,24)21-20(18-6-4-3-5-7-18)15-22-10-12-25-13-11-22/h3-9,14,20-21H,10-13,15H2,1-2H3/p+1/t20-/m0/s1. The van der Waals surface area contributed by atoms with Crippen LogP contribution in [0.4, 0.5) is 0 Å². The van der Waals surface area contributed by atoms with Gasteiger partial charge in [-0.1, -0.05) is 36.4 Å². The number of benzene rings is 2. The smallest absolute Gasteiger partial charge is 0.241 e. The highest BCUT2D eigenvalue weighted by molar-refractivity contribution is 7.89. The summed E-state index contributed by atoms with van der Waals surface area (Å²) in [5, 5.41) is 0. The molecular formula is C20H27N2O3S+. The Balaban J connectivity index is 1.85. The number of morpholine rings is 1. The molecule has 2 N–H and O–H groups in total. The minimum absolute atomic E-state index is 0.268. The Morgan fingerprint density at radius 3 is 2.38 bits per heavy atom. The molecule has 0 aromatic heterocycles. The Hall–Kier alpha value is -1.73. The molecule has 140 valence electrons. The first-order valence-corrected chi connectivity index (χ1v) is 10.5. The maximum Gasteiger partial charge on any atom is 0.241 e. The zero-order valence-corrected chi connectivity index (χ0v) is 16.2. The maximum absolute atomic E-state index is 13.0. The molecule has 3 rings (SSSR count). The van der Waals surface area contributed by atoms with Crippen LogP contribution in [0.25, 0.3) is 0 Å². The van der Waals surface area contributed by atoms with Gasteiger partial charge in [-0.3, -0.25) is 0 Å². The highest BCUT2D eigenvalue weighted by atomic mass is 32.2. The largest absolute Gasteiger partial charge is 0.370 e. The Bertz CT molecular complexity index is 831. The molecule has 1 heterocycles. The molecule has 1 aliphatic rings. The SMILES string of the molecule is Cc1ccc(S(=O)(=O)N[C@@H](C[NH+]2CCOCC2)c2ccccc2)cc1C. The first-order valence-electron chi connectivity index (χ1n) is 9.01. The summed E-state index contributed by atoms with van der Waals surface area (Å²) in [4.78, 5) is 1.67. The van der Waals surface area contributed by atoms with Gasteiger partial charge >= 0.3 is 0 Å². The van der Waals surface area contributed by atoms with Gasteiger partial charge in [0.25, 0.3) is 0 Å². The van der Waals surface area contributed by atoms with Gasteiger partial charge in [0.05, 0.1) is 30.7 Å². The monoisotopic (exact) mass is 375 g/mol. The van der Waals surface area contributed by atoms with E-state index in [-0.39, 0.29) is 6.04 Å². The fourth-order valence-corrected chi connectivity index (χ4v) is 4.51. The third-order valence-corrected chi connectivity index (χ3v) is 6.45. The van der Waals surface area contributed by atoms with Crippen molar-refractivity contribution in [3.8, 4) is 0 Å². The van der Waals surface area contributed by atoms with E-state index in [4.69, 9.17) is 4.74 Å². The van der Waals surface area contributed by atoms with E-state index in [0.717, 1.165) is 43.0 Å². The quantitative estimate of drug-likeness (QED) is 0.799. The predicted molar refractivity (Wildman–Crippen MR) is 102 cm³/mol. The van der Waals surface area contributed by atoms with Gasteiger partial charge in [0.1, 0.15) is 13.1 Å². The first-order chi connectivity index (χ1) is 12.5. The Morgan fingerprint density at radius 1 is 1.04 bits per heavy atom. The molecule has 5 nitrogen and oxygen atoms in total. The number of nitrogens with one attached hydrogen (secondary N) is 2. The van der Waals surface area contributed by atoms with E-state index in [2.05, 4.69) is 4.72 Å². The van der Waals surface area contributed by atoms with Crippen LogP contribution in [-0.2, 0) is 14.8 Å². The third-order valence-electron chi connectivity index (χ3n) is 4.98. The lowest BCUT2D eigenvalue weighted by atomic mass is 10.1. The van der Waals surface area contributed by atoms with Crippen molar-refractivity contribution in [1.82, 2.24) is 4.72 Å². The molecular weight excluding hydrogens is 348 g/mol. The number of hydrogen-bond acceptors (Lipinski definition) is 3. The molecule has 26 heavy (non-hydrogen) atoms. The number of aryl methyl sites for hydroxylation is 2. The van der Waals surface area contributed by atoms with Crippen LogP contribution in [0.15, 0.2) is 53.4 Å². The van der Waals surface area contributed by atoms with E-state index in [9.17, 15) is 8.42 Å². The Morgan fingerprint density at radius 2 is 1.73 bits per heavy atom. The van der Waals surface area contributed by atoms with Gasteiger partial charge in [-0.05, 0) is 42.7 Å². The highest BCUT2D eigenvalue weighted by Crippen LogP contribution is 2.19. The van der Waals surface area contributed by atoms with Gasteiger partial charge in [-0.15, -0.1) is 0 Å². The van der Waals surface area contributed by atoms with E-state index < -0.39 is 10.0 Å². The van der Waals surface area contributed by atoms with Gasteiger partial charge in [-0.25, -0.2) is 8.42 Å². The van der Waals surface area contributed by atoms with Crippen molar-refractivity contribution in [2.24, 2.45) is 0 Å². The van der Waals surface area contributed by atoms with Crippen molar-refractivity contribution in [1.29, 1.82) is 0 Å². The molecule has 6 heteroatoms. The second kappa shape index (κ2) is 8.31. The maximum atomic E-state index is 13.0. The van der Waals surface area contributed by atoms with Crippen LogP contribution in [0.3, 0.4) is 0 Å². The van der Waals surface area contributed by atoms with E-state index in [1.165, 1.54) is 4.90 Å². The zero-order chi connectivity index (χ0) is 18.6. The Labute approximate surface area is 156 Å². The zero-order valence-electron chi connectivity index (χ0n) is 15.4. The topological polar surface area (TPSA) is 59.8 Å². The molecule has 0 unspecified atom stereocenters. The van der Waals surface area contributed by atoms with Crippen molar-refractivity contribution >= 4 is 10.0 Å². The normalized spacial score (nSPS) is 17.2. The minimum Gasteiger partial charge on any atom is -0.370 e. The molecule has 1 atom stereocenters. The predicted octanol–water partition coefficient (Wildman–Crippen LogP) is 1.24. The van der Waals surface area contributed by atoms with Crippen molar-refractivity contribution in [3.05, 3.63) is 65.2 Å². The van der Waals surface area contributed by atoms with Gasteiger partial charge in [0.15, 0.2) is 0 Å². The molecule has 0 radical (unpaired) electrons. The van der Waals surface area contributed by atoms with Gasteiger partial charge in [0.2, 0.25) is 10.0 Å². The van der Waals surface area contributed by atoms with Crippen LogP contribution in [0.5, 0.6) is 0 Å². The lowest BCUT2D eigenvalue weighted by molar-refractivity contribution is -0.909. The lowest BCUT2D eigenvalue weighted by Crippen LogP contribution is -3.14. The fourth-order valence-electron chi connectivity index (χ4n) is 3.20. The molecule has 1 saturated heterocycles. The molecule has 1 aliphatic heterocycles. The molecule has 2 aromatic carbocycles. The van der Waals surface area contributed by atoms with Crippen molar-refractivity contribution in [2.75, 3.05) is 32.8 Å². The van der Waals surface area contributed by atoms with E-state index >= 15 is 0 Å². The van der Waals surface area contributed by atoms with E-state index in [1.807, 2.05) is 50.2 Å². The summed E-state index contributed by atoms with van der Waals surface area (Å²) in [5.41, 5.74) is 3.04. The number of quaternary nitrogens is 1. The van der Waals surface area contributed by atoms with Crippen LogP contribution in [0, 0.1) is 13.8 Å². The van der Waals surface area contributed by atoms with E-state index in [1.54, 1.807) is 12.1 Å². The summed E-state index contributed by atoms with van der Waals surface area (Å²) in [7, 11) is -3.59. The highest BCUT2D eigenvalue weighted by Gasteiger charge is 2.26. The summed E-state index contributed by atoms with van der Waals surface area (Å²) in [6, 6.07) is 14.8.